The lowest BCUT2D eigenvalue weighted by Gasteiger charge is -2.36. The van der Waals surface area contributed by atoms with Crippen LogP contribution in [0.5, 0.6) is 0 Å². The number of hydrogen-bond acceptors (Lipinski definition) is 4. The van der Waals surface area contributed by atoms with Gasteiger partial charge < -0.3 is 4.18 Å². The molecule has 4 nitrogen and oxygen atoms in total. The summed E-state index contributed by atoms with van der Waals surface area (Å²) >= 11 is 0. The Balaban J connectivity index is 2.25. The largest absolute Gasteiger partial charge is 0.534 e. The molecule has 1 fully saturated rings. The summed E-state index contributed by atoms with van der Waals surface area (Å²) in [5, 5.41) is 0. The number of allylic oxidation sites excluding steroid dienone is 3. The van der Waals surface area contributed by atoms with E-state index in [1.165, 1.54) is 12.2 Å². The molecule has 112 valence electrons. The van der Waals surface area contributed by atoms with Crippen LogP contribution in [0.15, 0.2) is 23.5 Å². The highest BCUT2D eigenvalue weighted by molar-refractivity contribution is 7.87. The third kappa shape index (κ3) is 2.48. The van der Waals surface area contributed by atoms with E-state index in [-0.39, 0.29) is 18.0 Å². The van der Waals surface area contributed by atoms with E-state index in [1.807, 2.05) is 0 Å². The number of halogens is 3. The second kappa shape index (κ2) is 4.61. The zero-order valence-electron chi connectivity index (χ0n) is 10.7. The van der Waals surface area contributed by atoms with Crippen LogP contribution >= 0.6 is 0 Å². The third-order valence-corrected chi connectivity index (χ3v) is 4.67. The number of alkyl halides is 3. The molecule has 2 rings (SSSR count). The van der Waals surface area contributed by atoms with Crippen molar-refractivity contribution in [3.63, 3.8) is 0 Å². The standard InChI is InChI=1S/C12H13F3O4S/c1-11-6-5-9(19-20(17,18)12(13,14)15)7-8(11)3-2-4-10(11)16/h5,7H,2-4,6H2,1H3/t11-/m0/s1. The monoisotopic (exact) mass is 310 g/mol. The lowest BCUT2D eigenvalue weighted by Crippen LogP contribution is -2.35. The lowest BCUT2D eigenvalue weighted by atomic mass is 9.67. The predicted molar refractivity (Wildman–Crippen MR) is 63.8 cm³/mol. The van der Waals surface area contributed by atoms with Crippen LogP contribution in [0.25, 0.3) is 0 Å². The molecule has 1 saturated carbocycles. The summed E-state index contributed by atoms with van der Waals surface area (Å²) in [4.78, 5) is 11.9. The second-order valence-electron chi connectivity index (χ2n) is 5.07. The molecule has 2 aliphatic carbocycles. The quantitative estimate of drug-likeness (QED) is 0.581. The fraction of sp³-hybridized carbons (Fsp3) is 0.583. The smallest absolute Gasteiger partial charge is 0.376 e. The van der Waals surface area contributed by atoms with Gasteiger partial charge >= 0.3 is 15.6 Å². The van der Waals surface area contributed by atoms with Crippen molar-refractivity contribution < 1.29 is 30.6 Å². The molecule has 0 spiro atoms. The maximum atomic E-state index is 12.2. The molecule has 2 aliphatic rings. The van der Waals surface area contributed by atoms with E-state index in [2.05, 4.69) is 4.18 Å². The normalized spacial score (nSPS) is 27.5. The second-order valence-corrected chi connectivity index (χ2v) is 6.61. The van der Waals surface area contributed by atoms with Gasteiger partial charge in [0.15, 0.2) is 0 Å². The zero-order valence-corrected chi connectivity index (χ0v) is 11.5. The van der Waals surface area contributed by atoms with Crippen molar-refractivity contribution in [1.82, 2.24) is 0 Å². The summed E-state index contributed by atoms with van der Waals surface area (Å²) in [6.07, 6.45) is 4.20. The molecule has 0 aromatic rings. The summed E-state index contributed by atoms with van der Waals surface area (Å²) in [5.41, 5.74) is -5.58. The molecule has 1 atom stereocenters. The van der Waals surface area contributed by atoms with E-state index in [9.17, 15) is 26.4 Å². The van der Waals surface area contributed by atoms with Crippen LogP contribution in [0.2, 0.25) is 0 Å². The lowest BCUT2D eigenvalue weighted by molar-refractivity contribution is -0.127. The highest BCUT2D eigenvalue weighted by Gasteiger charge is 2.49. The van der Waals surface area contributed by atoms with Gasteiger partial charge in [0.1, 0.15) is 11.5 Å². The van der Waals surface area contributed by atoms with Gasteiger partial charge in [-0.05, 0) is 38.3 Å². The maximum absolute atomic E-state index is 12.2. The minimum Gasteiger partial charge on any atom is -0.376 e. The Morgan fingerprint density at radius 1 is 1.30 bits per heavy atom. The van der Waals surface area contributed by atoms with Crippen LogP contribution in [-0.4, -0.2) is 19.7 Å². The maximum Gasteiger partial charge on any atom is 0.534 e. The Bertz CT molecular complexity index is 601. The average molecular weight is 310 g/mol. The molecule has 0 amide bonds. The highest BCUT2D eigenvalue weighted by Crippen LogP contribution is 2.44. The van der Waals surface area contributed by atoms with E-state index < -0.39 is 21.0 Å². The number of fused-ring (bicyclic) bond motifs is 1. The summed E-state index contributed by atoms with van der Waals surface area (Å²) in [7, 11) is -5.67. The average Bonchev–Trinajstić information content (AvgIpc) is 2.30. The summed E-state index contributed by atoms with van der Waals surface area (Å²) in [6.45, 7) is 1.71. The molecule has 0 aliphatic heterocycles. The fourth-order valence-electron chi connectivity index (χ4n) is 2.41. The highest BCUT2D eigenvalue weighted by atomic mass is 32.2. The van der Waals surface area contributed by atoms with Crippen LogP contribution in [0.3, 0.4) is 0 Å². The first kappa shape index (κ1) is 15.1. The Morgan fingerprint density at radius 3 is 2.55 bits per heavy atom. The van der Waals surface area contributed by atoms with Crippen molar-refractivity contribution in [2.75, 3.05) is 0 Å². The van der Waals surface area contributed by atoms with Gasteiger partial charge in [0, 0.05) is 6.42 Å². The number of Topliss-reactive ketones (excluding diaryl/α,β-unsaturated/α-hetero) is 1. The van der Waals surface area contributed by atoms with Gasteiger partial charge in [-0.3, -0.25) is 4.79 Å². The number of rotatable bonds is 2. The molecule has 0 N–H and O–H groups in total. The van der Waals surface area contributed by atoms with E-state index in [1.54, 1.807) is 6.92 Å². The topological polar surface area (TPSA) is 60.4 Å². The molecular weight excluding hydrogens is 297 g/mol. The Labute approximate surface area is 114 Å². The number of ketones is 1. The van der Waals surface area contributed by atoms with E-state index in [0.717, 1.165) is 0 Å². The van der Waals surface area contributed by atoms with Crippen LogP contribution < -0.4 is 0 Å². The van der Waals surface area contributed by atoms with Crippen LogP contribution in [0.1, 0.15) is 32.6 Å². The van der Waals surface area contributed by atoms with Crippen LogP contribution in [-0.2, 0) is 19.1 Å². The molecular formula is C12H13F3O4S. The van der Waals surface area contributed by atoms with Crippen molar-refractivity contribution in [2.24, 2.45) is 5.41 Å². The predicted octanol–water partition coefficient (Wildman–Crippen LogP) is 2.83. The van der Waals surface area contributed by atoms with Gasteiger partial charge in [0.25, 0.3) is 0 Å². The van der Waals surface area contributed by atoms with Gasteiger partial charge in [-0.1, -0.05) is 5.57 Å². The molecule has 0 radical (unpaired) electrons. The van der Waals surface area contributed by atoms with E-state index in [0.29, 0.717) is 24.8 Å². The van der Waals surface area contributed by atoms with Crippen molar-refractivity contribution in [3.05, 3.63) is 23.5 Å². The number of hydrogen-bond donors (Lipinski definition) is 0. The Hall–Kier alpha value is -1.31. The van der Waals surface area contributed by atoms with Crippen LogP contribution in [0, 0.1) is 5.41 Å². The molecule has 0 bridgehead atoms. The Kier molecular flexibility index (Phi) is 3.48. The molecule has 0 aromatic carbocycles. The van der Waals surface area contributed by atoms with Crippen molar-refractivity contribution in [3.8, 4) is 0 Å². The SMILES string of the molecule is C[C@]12CC=C(OS(=O)(=O)C(F)(F)F)C=C1CCCC2=O. The molecule has 8 heteroatoms. The first-order chi connectivity index (χ1) is 9.06. The minimum atomic E-state index is -5.67. The van der Waals surface area contributed by atoms with Gasteiger partial charge in [-0.25, -0.2) is 0 Å². The van der Waals surface area contributed by atoms with E-state index >= 15 is 0 Å². The third-order valence-electron chi connectivity index (χ3n) is 3.69. The summed E-state index contributed by atoms with van der Waals surface area (Å²) < 4.78 is 62.7. The summed E-state index contributed by atoms with van der Waals surface area (Å²) in [5.74, 6) is -0.353. The zero-order chi connectivity index (χ0) is 15.2. The van der Waals surface area contributed by atoms with Gasteiger partial charge in [0.05, 0.1) is 5.41 Å². The number of carbonyl (C=O) groups excluding carboxylic acids is 1. The number of carbonyl (C=O) groups is 1. The van der Waals surface area contributed by atoms with Crippen LogP contribution in [0.4, 0.5) is 13.2 Å². The molecule has 0 unspecified atom stereocenters. The first-order valence-electron chi connectivity index (χ1n) is 6.01. The van der Waals surface area contributed by atoms with Gasteiger partial charge in [0.2, 0.25) is 0 Å². The molecule has 20 heavy (non-hydrogen) atoms. The Morgan fingerprint density at radius 2 is 1.95 bits per heavy atom. The summed E-state index contributed by atoms with van der Waals surface area (Å²) in [6, 6.07) is 0. The van der Waals surface area contributed by atoms with Gasteiger partial charge in [-0.2, -0.15) is 21.6 Å². The molecule has 0 saturated heterocycles. The van der Waals surface area contributed by atoms with Crippen molar-refractivity contribution in [2.45, 2.75) is 38.1 Å². The fourth-order valence-corrected chi connectivity index (χ4v) is 2.88. The van der Waals surface area contributed by atoms with Crippen molar-refractivity contribution in [1.29, 1.82) is 0 Å². The first-order valence-corrected chi connectivity index (χ1v) is 7.42. The minimum absolute atomic E-state index is 0.0176. The van der Waals surface area contributed by atoms with Gasteiger partial charge in [-0.15, -0.1) is 0 Å². The van der Waals surface area contributed by atoms with Crippen molar-refractivity contribution >= 4 is 15.9 Å². The van der Waals surface area contributed by atoms with E-state index in [4.69, 9.17) is 0 Å². The molecule has 0 heterocycles. The molecule has 0 aromatic heterocycles.